The minimum Gasteiger partial charge on any atom is -0.368 e. The number of rotatable bonds is 6. The first-order valence-corrected chi connectivity index (χ1v) is 10.1. The number of nitrogens with zero attached hydrogens (tertiary/aromatic N) is 1. The highest BCUT2D eigenvalue weighted by atomic mass is 16.2. The molecule has 4 rings (SSSR count). The number of carbonyl (C=O) groups is 2. The van der Waals surface area contributed by atoms with Gasteiger partial charge < -0.3 is 11.1 Å². The maximum atomic E-state index is 12.6. The standard InChI is InChI=1S/C23H27N3O2/c24-22(27)21-8-3-13-26(21)15-16-4-1-7-20(14-16)25-23(28)19-11-9-18(10-12-19)17-5-2-6-17/h1,4,7,9-12,14,17,21H,2-3,5-6,8,13,15H2,(H2,24,27)(H,25,28)/t21-/m1/s1. The Kier molecular flexibility index (Phi) is 5.44. The molecule has 0 radical (unpaired) electrons. The summed E-state index contributed by atoms with van der Waals surface area (Å²) in [6.07, 6.45) is 5.63. The van der Waals surface area contributed by atoms with Crippen LogP contribution >= 0.6 is 0 Å². The van der Waals surface area contributed by atoms with Gasteiger partial charge in [-0.15, -0.1) is 0 Å². The average molecular weight is 377 g/mol. The Bertz CT molecular complexity index is 858. The quantitative estimate of drug-likeness (QED) is 0.807. The fourth-order valence-corrected chi connectivity index (χ4v) is 4.17. The monoisotopic (exact) mass is 377 g/mol. The van der Waals surface area contributed by atoms with Crippen LogP contribution in [0.5, 0.6) is 0 Å². The molecule has 1 saturated carbocycles. The third kappa shape index (κ3) is 4.09. The Balaban J connectivity index is 1.40. The number of nitrogens with two attached hydrogens (primary N) is 1. The van der Waals surface area contributed by atoms with Crippen molar-refractivity contribution in [2.24, 2.45) is 5.73 Å². The summed E-state index contributed by atoms with van der Waals surface area (Å²) in [7, 11) is 0. The molecule has 1 heterocycles. The molecule has 2 aromatic carbocycles. The second-order valence-corrected chi connectivity index (χ2v) is 7.94. The molecule has 28 heavy (non-hydrogen) atoms. The predicted molar refractivity (Wildman–Crippen MR) is 110 cm³/mol. The lowest BCUT2D eigenvalue weighted by Gasteiger charge is -2.25. The molecule has 1 atom stereocenters. The Labute approximate surface area is 165 Å². The van der Waals surface area contributed by atoms with E-state index in [2.05, 4.69) is 22.3 Å². The van der Waals surface area contributed by atoms with E-state index >= 15 is 0 Å². The van der Waals surface area contributed by atoms with E-state index in [1.807, 2.05) is 36.4 Å². The number of carbonyl (C=O) groups excluding carboxylic acids is 2. The molecule has 1 aliphatic heterocycles. The summed E-state index contributed by atoms with van der Waals surface area (Å²) in [5, 5.41) is 2.99. The van der Waals surface area contributed by atoms with E-state index in [-0.39, 0.29) is 17.9 Å². The van der Waals surface area contributed by atoms with Gasteiger partial charge in [0.25, 0.3) is 5.91 Å². The van der Waals surface area contributed by atoms with Crippen molar-refractivity contribution in [3.8, 4) is 0 Å². The van der Waals surface area contributed by atoms with Gasteiger partial charge in [0.05, 0.1) is 6.04 Å². The van der Waals surface area contributed by atoms with Crippen molar-refractivity contribution in [2.75, 3.05) is 11.9 Å². The first-order chi connectivity index (χ1) is 13.6. The van der Waals surface area contributed by atoms with Gasteiger partial charge >= 0.3 is 0 Å². The number of hydrogen-bond donors (Lipinski definition) is 2. The molecule has 0 spiro atoms. The zero-order valence-corrected chi connectivity index (χ0v) is 16.1. The number of anilines is 1. The topological polar surface area (TPSA) is 75.4 Å². The SMILES string of the molecule is NC(=O)[C@H]1CCCN1Cc1cccc(NC(=O)c2ccc(C3CCC3)cc2)c1. The van der Waals surface area contributed by atoms with Gasteiger partial charge in [-0.25, -0.2) is 0 Å². The van der Waals surface area contributed by atoms with Gasteiger partial charge in [0.1, 0.15) is 0 Å². The molecule has 2 amide bonds. The molecule has 2 aromatic rings. The second-order valence-electron chi connectivity index (χ2n) is 7.94. The van der Waals surface area contributed by atoms with Gasteiger partial charge in [0.2, 0.25) is 5.91 Å². The van der Waals surface area contributed by atoms with Gasteiger partial charge in [-0.2, -0.15) is 0 Å². The van der Waals surface area contributed by atoms with Crippen LogP contribution in [0.3, 0.4) is 0 Å². The van der Waals surface area contributed by atoms with Crippen LogP contribution < -0.4 is 11.1 Å². The fourth-order valence-electron chi connectivity index (χ4n) is 4.17. The van der Waals surface area contributed by atoms with E-state index in [9.17, 15) is 9.59 Å². The van der Waals surface area contributed by atoms with Crippen LogP contribution in [0.25, 0.3) is 0 Å². The summed E-state index contributed by atoms with van der Waals surface area (Å²) in [4.78, 5) is 26.3. The molecule has 3 N–H and O–H groups in total. The lowest BCUT2D eigenvalue weighted by atomic mass is 9.80. The van der Waals surface area contributed by atoms with Crippen LogP contribution in [0, 0.1) is 0 Å². The zero-order chi connectivity index (χ0) is 19.5. The Hall–Kier alpha value is -2.66. The minimum absolute atomic E-state index is 0.103. The van der Waals surface area contributed by atoms with Crippen LogP contribution in [0.2, 0.25) is 0 Å². The summed E-state index contributed by atoms with van der Waals surface area (Å²) < 4.78 is 0. The molecule has 0 aromatic heterocycles. The van der Waals surface area contributed by atoms with Crippen LogP contribution in [0.4, 0.5) is 5.69 Å². The van der Waals surface area contributed by atoms with Crippen molar-refractivity contribution in [1.29, 1.82) is 0 Å². The molecule has 2 aliphatic rings. The van der Waals surface area contributed by atoms with E-state index < -0.39 is 0 Å². The molecule has 2 fully saturated rings. The largest absolute Gasteiger partial charge is 0.368 e. The van der Waals surface area contributed by atoms with E-state index in [1.165, 1.54) is 24.8 Å². The van der Waals surface area contributed by atoms with E-state index in [0.29, 0.717) is 18.0 Å². The summed E-state index contributed by atoms with van der Waals surface area (Å²) in [6.45, 7) is 1.53. The van der Waals surface area contributed by atoms with E-state index in [1.54, 1.807) is 0 Å². The van der Waals surface area contributed by atoms with Crippen LogP contribution in [0.15, 0.2) is 48.5 Å². The van der Waals surface area contributed by atoms with Crippen molar-refractivity contribution in [1.82, 2.24) is 4.90 Å². The smallest absolute Gasteiger partial charge is 0.255 e. The van der Waals surface area contributed by atoms with Crippen molar-refractivity contribution in [3.63, 3.8) is 0 Å². The molecule has 5 nitrogen and oxygen atoms in total. The number of likely N-dealkylation sites (tertiary alicyclic amines) is 1. The van der Waals surface area contributed by atoms with E-state index in [0.717, 1.165) is 30.6 Å². The molecule has 5 heteroatoms. The first-order valence-electron chi connectivity index (χ1n) is 10.1. The van der Waals surface area contributed by atoms with Crippen molar-refractivity contribution in [2.45, 2.75) is 50.6 Å². The highest BCUT2D eigenvalue weighted by Gasteiger charge is 2.28. The molecule has 1 aliphatic carbocycles. The summed E-state index contributed by atoms with van der Waals surface area (Å²) >= 11 is 0. The van der Waals surface area contributed by atoms with Gasteiger partial charge in [-0.3, -0.25) is 14.5 Å². The lowest BCUT2D eigenvalue weighted by Crippen LogP contribution is -2.39. The third-order valence-corrected chi connectivity index (χ3v) is 6.01. The average Bonchev–Trinajstić information content (AvgIpc) is 3.09. The van der Waals surface area contributed by atoms with Crippen LogP contribution in [0.1, 0.15) is 59.5 Å². The number of nitrogens with one attached hydrogen (secondary N) is 1. The van der Waals surface area contributed by atoms with Crippen LogP contribution in [-0.2, 0) is 11.3 Å². The second kappa shape index (κ2) is 8.15. The number of amides is 2. The Morgan fingerprint density at radius 1 is 1.04 bits per heavy atom. The lowest BCUT2D eigenvalue weighted by molar-refractivity contribution is -0.122. The molecular weight excluding hydrogens is 350 g/mol. The van der Waals surface area contributed by atoms with Gasteiger partial charge in [-0.05, 0) is 73.5 Å². The predicted octanol–water partition coefficient (Wildman–Crippen LogP) is 3.66. The van der Waals surface area contributed by atoms with Crippen molar-refractivity contribution >= 4 is 17.5 Å². The summed E-state index contributed by atoms with van der Waals surface area (Å²) in [6, 6.07) is 15.6. The molecule has 1 saturated heterocycles. The highest BCUT2D eigenvalue weighted by molar-refractivity contribution is 6.04. The molecular formula is C23H27N3O2. The molecule has 146 valence electrons. The number of benzene rings is 2. The molecule has 0 unspecified atom stereocenters. The summed E-state index contributed by atoms with van der Waals surface area (Å²) in [5.41, 5.74) is 9.33. The van der Waals surface area contributed by atoms with Gasteiger partial charge in [-0.1, -0.05) is 30.7 Å². The Morgan fingerprint density at radius 2 is 1.82 bits per heavy atom. The number of hydrogen-bond acceptors (Lipinski definition) is 3. The Morgan fingerprint density at radius 3 is 2.50 bits per heavy atom. The third-order valence-electron chi connectivity index (χ3n) is 6.01. The van der Waals surface area contributed by atoms with Gasteiger partial charge in [0, 0.05) is 17.8 Å². The summed E-state index contributed by atoms with van der Waals surface area (Å²) in [5.74, 6) is 0.310. The minimum atomic E-state index is -0.257. The zero-order valence-electron chi connectivity index (χ0n) is 16.1. The fraction of sp³-hybridized carbons (Fsp3) is 0.391. The maximum Gasteiger partial charge on any atom is 0.255 e. The highest BCUT2D eigenvalue weighted by Crippen LogP contribution is 2.36. The van der Waals surface area contributed by atoms with Crippen molar-refractivity contribution in [3.05, 3.63) is 65.2 Å². The van der Waals surface area contributed by atoms with E-state index in [4.69, 9.17) is 5.73 Å². The number of primary amides is 1. The molecule has 0 bridgehead atoms. The van der Waals surface area contributed by atoms with Gasteiger partial charge in [0.15, 0.2) is 0 Å². The maximum absolute atomic E-state index is 12.6. The first kappa shape index (κ1) is 18.7. The van der Waals surface area contributed by atoms with Crippen molar-refractivity contribution < 1.29 is 9.59 Å². The normalized spacial score (nSPS) is 19.9. The van der Waals surface area contributed by atoms with Crippen LogP contribution in [-0.4, -0.2) is 29.3 Å².